The van der Waals surface area contributed by atoms with Gasteiger partial charge in [-0.05, 0) is 0 Å². The third-order valence-corrected chi connectivity index (χ3v) is 13.1. The maximum absolute atomic E-state index is 12.7. The van der Waals surface area contributed by atoms with Gasteiger partial charge in [-0.25, -0.2) is 0 Å². The van der Waals surface area contributed by atoms with Gasteiger partial charge in [0.1, 0.15) is 140 Å². The summed E-state index contributed by atoms with van der Waals surface area (Å²) in [7, 11) is 0. The second kappa shape index (κ2) is 25.8. The maximum atomic E-state index is 12.7. The summed E-state index contributed by atoms with van der Waals surface area (Å²) in [6.45, 7) is -3.50. The van der Waals surface area contributed by atoms with Crippen molar-refractivity contribution in [2.75, 3.05) is 46.2 Å². The Morgan fingerprint density at radius 1 is 0.403 bits per heavy atom. The van der Waals surface area contributed by atoms with Crippen molar-refractivity contribution in [3.8, 4) is 0 Å². The van der Waals surface area contributed by atoms with Crippen LogP contribution in [-0.4, -0.2) is 323 Å². The van der Waals surface area contributed by atoms with Crippen molar-refractivity contribution in [2.45, 2.75) is 192 Å². The van der Waals surface area contributed by atoms with Crippen molar-refractivity contribution in [2.24, 2.45) is 0 Å². The fraction of sp³-hybridized carbons (Fsp3) is 0.950. The highest BCUT2D eigenvalue weighted by molar-refractivity contribution is 5.73. The first-order valence-electron chi connectivity index (χ1n) is 23.0. The number of aliphatic hydroxyl groups excluding tert-OH is 17. The number of carbonyl (C=O) groups is 2. The molecule has 0 aromatic carbocycles. The number of hydrogen-bond acceptors (Lipinski definition) is 30. The molecule has 2 amide bonds. The molecule has 72 heavy (non-hydrogen) atoms. The molecular weight excluding hydrogens is 988 g/mol. The predicted molar refractivity (Wildman–Crippen MR) is 221 cm³/mol. The van der Waals surface area contributed by atoms with Gasteiger partial charge in [-0.15, -0.1) is 0 Å². The Hall–Kier alpha value is -2.18. The van der Waals surface area contributed by atoms with Crippen molar-refractivity contribution in [3.05, 3.63) is 0 Å². The summed E-state index contributed by atoms with van der Waals surface area (Å²) in [6.07, 6.45) is -49.8. The molecule has 32 heteroatoms. The van der Waals surface area contributed by atoms with Crippen LogP contribution in [0.25, 0.3) is 0 Å². The first kappa shape index (κ1) is 59.1. The highest BCUT2D eigenvalue weighted by Crippen LogP contribution is 2.36. The molecule has 0 aliphatic carbocycles. The van der Waals surface area contributed by atoms with Gasteiger partial charge in [0.2, 0.25) is 11.8 Å². The molecule has 32 nitrogen and oxygen atoms in total. The van der Waals surface area contributed by atoms with Gasteiger partial charge in [0.15, 0.2) is 31.5 Å². The highest BCUT2D eigenvalue weighted by atomic mass is 16.8. The molecule has 0 saturated carbocycles. The minimum absolute atomic E-state index is 0.358. The van der Waals surface area contributed by atoms with E-state index in [4.69, 9.17) is 52.1 Å². The summed E-state index contributed by atoms with van der Waals surface area (Å²) in [6, 6.07) is -2.89. The smallest absolute Gasteiger partial charge is 0.217 e. The molecule has 0 radical (unpaired) electrons. The van der Waals surface area contributed by atoms with E-state index in [9.17, 15) is 96.4 Å². The average Bonchev–Trinajstić information content (AvgIpc) is 3.35. The number of hydrogen-bond donors (Lipinski definition) is 19. The van der Waals surface area contributed by atoms with Gasteiger partial charge in [0, 0.05) is 13.8 Å². The van der Waals surface area contributed by atoms with E-state index in [0.717, 1.165) is 13.8 Å². The molecule has 19 N–H and O–H groups in total. The summed E-state index contributed by atoms with van der Waals surface area (Å²) >= 11 is 0. The Kier molecular flexibility index (Phi) is 21.1. The van der Waals surface area contributed by atoms with Crippen LogP contribution >= 0.6 is 0 Å². The predicted octanol–water partition coefficient (Wildman–Crippen LogP) is -13.1. The lowest BCUT2D eigenvalue weighted by Gasteiger charge is -2.50. The van der Waals surface area contributed by atoms with Crippen molar-refractivity contribution in [1.29, 1.82) is 0 Å². The average molecular weight is 1060 g/mol. The zero-order valence-corrected chi connectivity index (χ0v) is 38.6. The number of amides is 2. The van der Waals surface area contributed by atoms with Crippen LogP contribution < -0.4 is 10.6 Å². The van der Waals surface area contributed by atoms with E-state index in [2.05, 4.69) is 10.6 Å². The molecule has 0 aromatic rings. The van der Waals surface area contributed by atoms with Gasteiger partial charge in [-0.3, -0.25) is 9.59 Å². The molecular formula is C40H68N2O30. The lowest BCUT2D eigenvalue weighted by Crippen LogP contribution is -2.70. The van der Waals surface area contributed by atoms with Gasteiger partial charge in [0.25, 0.3) is 0 Å². The van der Waals surface area contributed by atoms with Crippen LogP contribution in [0, 0.1) is 0 Å². The Morgan fingerprint density at radius 3 is 1.36 bits per heavy atom. The first-order chi connectivity index (χ1) is 34.1. The first-order valence-corrected chi connectivity index (χ1v) is 23.0. The van der Waals surface area contributed by atoms with Crippen LogP contribution in [0.2, 0.25) is 0 Å². The third kappa shape index (κ3) is 12.8. The molecule has 6 saturated heterocycles. The van der Waals surface area contributed by atoms with E-state index in [1.165, 1.54) is 0 Å². The minimum atomic E-state index is -2.22. The van der Waals surface area contributed by atoms with Crippen molar-refractivity contribution < 1.29 is 149 Å². The second-order valence-corrected chi connectivity index (χ2v) is 18.2. The van der Waals surface area contributed by atoms with Crippen molar-refractivity contribution in [1.82, 2.24) is 10.6 Å². The third-order valence-electron chi connectivity index (χ3n) is 13.1. The molecule has 418 valence electrons. The Morgan fingerprint density at radius 2 is 0.819 bits per heavy atom. The number of ether oxygens (including phenoxy) is 11. The van der Waals surface area contributed by atoms with Gasteiger partial charge in [-0.2, -0.15) is 0 Å². The number of carbonyl (C=O) groups excluding carboxylic acids is 2. The van der Waals surface area contributed by atoms with E-state index >= 15 is 0 Å². The zero-order chi connectivity index (χ0) is 53.0. The summed E-state index contributed by atoms with van der Waals surface area (Å²) in [5.41, 5.74) is 0. The Balaban J connectivity index is 1.22. The normalized spacial score (nSPS) is 49.2. The highest BCUT2D eigenvalue weighted by Gasteiger charge is 2.57. The SMILES string of the molecule is CC(=O)N[C@H]1[C@H](O[C@H]2[C@H](O)[C@@H](NC(C)=O)CO[C@@H]2CO[C@H]2O[C@H](CO)[C@@H](O)[C@H](O)[C@@H]2O)O[C@H](CO)[C@@H](O[C@@H]2O[C@H](CO)[C@@H](O)[C@H](O[C@H]3O[C@H](CO)[C@@H](O)[C@H](O)[C@@H]3O[C@H]3O[C@H](CO)[C@@H](O)[C@H](O)[C@@H]3O)[C@@H]2O)[C@@H]1O. The Labute approximate surface area is 408 Å². The van der Waals surface area contributed by atoms with Crippen LogP contribution in [0.1, 0.15) is 13.8 Å². The molecule has 6 rings (SSSR count). The lowest BCUT2D eigenvalue weighted by molar-refractivity contribution is -0.395. The van der Waals surface area contributed by atoms with Gasteiger partial charge < -0.3 is 150 Å². The summed E-state index contributed by atoms with van der Waals surface area (Å²) in [5.74, 6) is -1.42. The molecule has 6 aliphatic heterocycles. The van der Waals surface area contributed by atoms with E-state index in [1.54, 1.807) is 0 Å². The van der Waals surface area contributed by atoms with E-state index in [0.29, 0.717) is 0 Å². The maximum Gasteiger partial charge on any atom is 0.217 e. The molecule has 6 fully saturated rings. The minimum Gasteiger partial charge on any atom is -0.394 e. The molecule has 6 aliphatic rings. The fourth-order valence-corrected chi connectivity index (χ4v) is 9.14. The molecule has 0 unspecified atom stereocenters. The summed E-state index contributed by atoms with van der Waals surface area (Å²) in [5, 5.41) is 186. The molecule has 0 bridgehead atoms. The Bertz CT molecular complexity index is 1710. The van der Waals surface area contributed by atoms with Crippen molar-refractivity contribution in [3.63, 3.8) is 0 Å². The monoisotopic (exact) mass is 1060 g/mol. The fourth-order valence-electron chi connectivity index (χ4n) is 9.14. The molecule has 0 aromatic heterocycles. The van der Waals surface area contributed by atoms with E-state index in [1.807, 2.05) is 0 Å². The summed E-state index contributed by atoms with van der Waals surface area (Å²) in [4.78, 5) is 24.7. The lowest BCUT2D eigenvalue weighted by atomic mass is 9.94. The molecule has 6 heterocycles. The van der Waals surface area contributed by atoms with Gasteiger partial charge in [0.05, 0.1) is 52.3 Å². The van der Waals surface area contributed by atoms with E-state index in [-0.39, 0.29) is 6.61 Å². The summed E-state index contributed by atoms with van der Waals surface area (Å²) < 4.78 is 63.2. The van der Waals surface area contributed by atoms with Gasteiger partial charge >= 0.3 is 0 Å². The van der Waals surface area contributed by atoms with Crippen molar-refractivity contribution >= 4 is 11.8 Å². The van der Waals surface area contributed by atoms with Crippen LogP contribution in [-0.2, 0) is 61.7 Å². The standard InChI is InChI=1S/C40H68N2O30/c1-10(48)41-12-8-62-18(9-63-37-29(59)26(56)21(51)13(3-43)64-37)33(20(12)50)69-36-19(42-11(2)49)25(55)32(17(7-47)68-36)70-39-31(61)34(24(54)16(6-46)66-39)71-40-35(28(58)23(53)15(5-45)67-40)72-38-30(60)27(57)22(52)14(4-44)65-38/h12-40,43-47,50-61H,3-9H2,1-2H3,(H,41,48)(H,42,49)/t12-,13+,14+,15+,16+,17+,18+,19+,20+,21+,22+,23+,24+,25+,26-,27-,28-,29-,30-,31-,32+,33+,34-,35-,36-,37-,38+,39-,40+/m0/s1. The zero-order valence-electron chi connectivity index (χ0n) is 38.6. The van der Waals surface area contributed by atoms with Gasteiger partial charge in [-0.1, -0.05) is 0 Å². The number of rotatable bonds is 18. The van der Waals surface area contributed by atoms with Crippen LogP contribution in [0.5, 0.6) is 0 Å². The number of nitrogens with one attached hydrogen (secondary N) is 2. The molecule has 29 atom stereocenters. The number of aliphatic hydroxyl groups is 17. The largest absolute Gasteiger partial charge is 0.394 e. The molecule has 0 spiro atoms. The van der Waals surface area contributed by atoms with Crippen LogP contribution in [0.15, 0.2) is 0 Å². The quantitative estimate of drug-likeness (QED) is 0.0606. The van der Waals surface area contributed by atoms with E-state index < -0.39 is 229 Å². The topological polar surface area (TPSA) is 504 Å². The van der Waals surface area contributed by atoms with Crippen LogP contribution in [0.4, 0.5) is 0 Å². The second-order valence-electron chi connectivity index (χ2n) is 18.2. The van der Waals surface area contributed by atoms with Crippen LogP contribution in [0.3, 0.4) is 0 Å².